The molecule has 1 fully saturated rings. The van der Waals surface area contributed by atoms with Crippen LogP contribution >= 0.6 is 0 Å². The second kappa shape index (κ2) is 7.44. The van der Waals surface area contributed by atoms with Crippen molar-refractivity contribution in [2.75, 3.05) is 4.72 Å². The molecule has 0 spiro atoms. The molecule has 140 valence electrons. The van der Waals surface area contributed by atoms with Gasteiger partial charge in [0.05, 0.1) is 22.8 Å². The van der Waals surface area contributed by atoms with Crippen LogP contribution in [0.25, 0.3) is 11.1 Å². The quantitative estimate of drug-likeness (QED) is 0.678. The SMILES string of the molecule is O=S(=O)(Nc1oncc1-c1ccccc1)c1ccc(OC2CCCC2)cc1. The molecular formula is C20H20N2O4S. The second-order valence-corrected chi connectivity index (χ2v) is 8.22. The molecule has 0 atom stereocenters. The van der Waals surface area contributed by atoms with Gasteiger partial charge in [-0.15, -0.1) is 0 Å². The Bertz CT molecular complexity index is 992. The van der Waals surface area contributed by atoms with Crippen LogP contribution in [0.15, 0.2) is 70.2 Å². The summed E-state index contributed by atoms with van der Waals surface area (Å²) in [5.74, 6) is 0.776. The monoisotopic (exact) mass is 384 g/mol. The van der Waals surface area contributed by atoms with E-state index < -0.39 is 10.0 Å². The largest absolute Gasteiger partial charge is 0.490 e. The van der Waals surface area contributed by atoms with E-state index in [0.717, 1.165) is 18.4 Å². The van der Waals surface area contributed by atoms with Crippen molar-refractivity contribution >= 4 is 15.9 Å². The molecule has 0 bridgehead atoms. The lowest BCUT2D eigenvalue weighted by atomic mass is 10.1. The summed E-state index contributed by atoms with van der Waals surface area (Å²) in [6.45, 7) is 0. The van der Waals surface area contributed by atoms with E-state index in [4.69, 9.17) is 9.26 Å². The molecule has 0 amide bonds. The van der Waals surface area contributed by atoms with E-state index in [1.807, 2.05) is 30.3 Å². The van der Waals surface area contributed by atoms with Gasteiger partial charge in [-0.1, -0.05) is 35.5 Å². The first-order chi connectivity index (χ1) is 13.1. The summed E-state index contributed by atoms with van der Waals surface area (Å²) in [6, 6.07) is 15.8. The van der Waals surface area contributed by atoms with Crippen LogP contribution in [0.1, 0.15) is 25.7 Å². The minimum atomic E-state index is -3.80. The zero-order valence-corrected chi connectivity index (χ0v) is 15.5. The average molecular weight is 384 g/mol. The minimum absolute atomic E-state index is 0.0903. The highest BCUT2D eigenvalue weighted by Crippen LogP contribution is 2.30. The van der Waals surface area contributed by atoms with E-state index in [1.165, 1.54) is 31.2 Å². The summed E-state index contributed by atoms with van der Waals surface area (Å²) < 4.78 is 38.9. The van der Waals surface area contributed by atoms with E-state index in [9.17, 15) is 8.42 Å². The Morgan fingerprint density at radius 3 is 2.41 bits per heavy atom. The van der Waals surface area contributed by atoms with Crippen LogP contribution < -0.4 is 9.46 Å². The Hall–Kier alpha value is -2.80. The normalized spacial score (nSPS) is 15.0. The van der Waals surface area contributed by atoms with Gasteiger partial charge in [-0.25, -0.2) is 13.1 Å². The van der Waals surface area contributed by atoms with Gasteiger partial charge in [0.2, 0.25) is 5.88 Å². The first-order valence-corrected chi connectivity index (χ1v) is 10.4. The zero-order chi connectivity index (χ0) is 18.7. The predicted molar refractivity (Wildman–Crippen MR) is 102 cm³/mol. The average Bonchev–Trinajstić information content (AvgIpc) is 3.35. The van der Waals surface area contributed by atoms with Crippen molar-refractivity contribution in [2.24, 2.45) is 0 Å². The van der Waals surface area contributed by atoms with Crippen molar-refractivity contribution in [1.82, 2.24) is 5.16 Å². The number of ether oxygens (including phenoxy) is 1. The van der Waals surface area contributed by atoms with Gasteiger partial charge in [-0.2, -0.15) is 0 Å². The number of sulfonamides is 1. The highest BCUT2D eigenvalue weighted by Gasteiger charge is 2.21. The van der Waals surface area contributed by atoms with Gasteiger partial charge in [0.1, 0.15) is 5.75 Å². The van der Waals surface area contributed by atoms with E-state index in [0.29, 0.717) is 11.3 Å². The summed E-state index contributed by atoms with van der Waals surface area (Å²) in [7, 11) is -3.80. The Balaban J connectivity index is 1.52. The van der Waals surface area contributed by atoms with Gasteiger partial charge in [0.15, 0.2) is 0 Å². The third-order valence-corrected chi connectivity index (χ3v) is 5.97. The van der Waals surface area contributed by atoms with Crippen LogP contribution in [0, 0.1) is 0 Å². The van der Waals surface area contributed by atoms with Crippen LogP contribution in [-0.2, 0) is 10.0 Å². The third-order valence-electron chi connectivity index (χ3n) is 4.62. The van der Waals surface area contributed by atoms with Crippen molar-refractivity contribution in [2.45, 2.75) is 36.7 Å². The highest BCUT2D eigenvalue weighted by atomic mass is 32.2. The second-order valence-electron chi connectivity index (χ2n) is 6.54. The molecule has 3 aromatic rings. The van der Waals surface area contributed by atoms with Gasteiger partial charge in [0, 0.05) is 0 Å². The van der Waals surface area contributed by atoms with Crippen LogP contribution in [0.4, 0.5) is 5.88 Å². The fraction of sp³-hybridized carbons (Fsp3) is 0.250. The van der Waals surface area contributed by atoms with Gasteiger partial charge >= 0.3 is 0 Å². The Kier molecular flexibility index (Phi) is 4.85. The minimum Gasteiger partial charge on any atom is -0.490 e. The molecule has 6 nitrogen and oxygen atoms in total. The topological polar surface area (TPSA) is 81.4 Å². The molecule has 2 aromatic carbocycles. The predicted octanol–water partition coefficient (Wildman–Crippen LogP) is 4.46. The standard InChI is InChI=1S/C20H20N2O4S/c23-27(24,18-12-10-17(11-13-18)25-16-8-4-5-9-16)22-20-19(14-21-26-20)15-6-2-1-3-7-15/h1-3,6-7,10-14,16,22H,4-5,8-9H2. The van der Waals surface area contributed by atoms with Crippen molar-refractivity contribution in [1.29, 1.82) is 0 Å². The molecular weight excluding hydrogens is 364 g/mol. The lowest BCUT2D eigenvalue weighted by Gasteiger charge is -2.13. The van der Waals surface area contributed by atoms with Crippen LogP contribution in [0.5, 0.6) is 5.75 Å². The molecule has 0 aliphatic heterocycles. The van der Waals surface area contributed by atoms with Crippen molar-refractivity contribution in [3.8, 4) is 16.9 Å². The van der Waals surface area contributed by atoms with Crippen molar-refractivity contribution < 1.29 is 17.7 Å². The lowest BCUT2D eigenvalue weighted by Crippen LogP contribution is -2.14. The Morgan fingerprint density at radius 2 is 1.70 bits per heavy atom. The molecule has 1 N–H and O–H groups in total. The summed E-state index contributed by atoms with van der Waals surface area (Å²) in [6.07, 6.45) is 6.19. The maximum atomic E-state index is 12.7. The first kappa shape index (κ1) is 17.6. The molecule has 0 saturated heterocycles. The number of rotatable bonds is 6. The summed E-state index contributed by atoms with van der Waals surface area (Å²) >= 11 is 0. The maximum absolute atomic E-state index is 12.7. The molecule has 4 rings (SSSR count). The van der Waals surface area contributed by atoms with Crippen LogP contribution in [-0.4, -0.2) is 19.7 Å². The van der Waals surface area contributed by atoms with Gasteiger partial charge in [-0.05, 0) is 55.5 Å². The van der Waals surface area contributed by atoms with Gasteiger partial charge < -0.3 is 9.26 Å². The van der Waals surface area contributed by atoms with Gasteiger partial charge in [-0.3, -0.25) is 0 Å². The highest BCUT2D eigenvalue weighted by molar-refractivity contribution is 7.92. The molecule has 1 saturated carbocycles. The van der Waals surface area contributed by atoms with E-state index in [-0.39, 0.29) is 16.9 Å². The molecule has 0 radical (unpaired) electrons. The van der Waals surface area contributed by atoms with Crippen molar-refractivity contribution in [3.63, 3.8) is 0 Å². The molecule has 1 heterocycles. The van der Waals surface area contributed by atoms with E-state index >= 15 is 0 Å². The summed E-state index contributed by atoms with van der Waals surface area (Å²) in [4.78, 5) is 0.136. The number of hydrogen-bond donors (Lipinski definition) is 1. The fourth-order valence-electron chi connectivity index (χ4n) is 3.21. The number of hydrogen-bond acceptors (Lipinski definition) is 5. The summed E-state index contributed by atoms with van der Waals surface area (Å²) in [5, 5.41) is 3.73. The maximum Gasteiger partial charge on any atom is 0.264 e. The third kappa shape index (κ3) is 3.98. The van der Waals surface area contributed by atoms with Gasteiger partial charge in [0.25, 0.3) is 10.0 Å². The summed E-state index contributed by atoms with van der Waals surface area (Å²) in [5.41, 5.74) is 1.40. The number of aromatic nitrogens is 1. The number of benzene rings is 2. The molecule has 1 aliphatic rings. The number of anilines is 1. The van der Waals surface area contributed by atoms with E-state index in [1.54, 1.807) is 12.1 Å². The van der Waals surface area contributed by atoms with Crippen molar-refractivity contribution in [3.05, 3.63) is 60.8 Å². The van der Waals surface area contributed by atoms with Crippen LogP contribution in [0.2, 0.25) is 0 Å². The molecule has 7 heteroatoms. The molecule has 1 aromatic heterocycles. The number of nitrogens with zero attached hydrogens (tertiary/aromatic N) is 1. The zero-order valence-electron chi connectivity index (χ0n) is 14.7. The lowest BCUT2D eigenvalue weighted by molar-refractivity contribution is 0.210. The van der Waals surface area contributed by atoms with Crippen LogP contribution in [0.3, 0.4) is 0 Å². The smallest absolute Gasteiger partial charge is 0.264 e. The molecule has 1 aliphatic carbocycles. The first-order valence-electron chi connectivity index (χ1n) is 8.91. The molecule has 27 heavy (non-hydrogen) atoms. The molecule has 0 unspecified atom stereocenters. The Morgan fingerprint density at radius 1 is 1.00 bits per heavy atom. The van der Waals surface area contributed by atoms with E-state index in [2.05, 4.69) is 9.88 Å². The number of nitrogens with one attached hydrogen (secondary N) is 1. The fourth-order valence-corrected chi connectivity index (χ4v) is 4.22. The Labute approximate surface area is 158 Å².